The van der Waals surface area contributed by atoms with Crippen molar-refractivity contribution < 1.29 is 19.2 Å². The van der Waals surface area contributed by atoms with Gasteiger partial charge in [0.05, 0.1) is 23.1 Å². The molecule has 1 aliphatic heterocycles. The number of Topliss-reactive ketones (excluding diaryl/α,β-unsaturated/α-hetero) is 2. The van der Waals surface area contributed by atoms with Crippen molar-refractivity contribution in [2.24, 2.45) is 5.92 Å². The highest BCUT2D eigenvalue weighted by atomic mass is 32.2. The molecular formula is C30H23N5O4S. The Labute approximate surface area is 234 Å². The number of thioether (sulfide) groups is 1. The van der Waals surface area contributed by atoms with Gasteiger partial charge in [-0.25, -0.2) is 4.68 Å². The number of ketones is 2. The number of hydrogen-bond acceptors (Lipinski definition) is 7. The lowest BCUT2D eigenvalue weighted by molar-refractivity contribution is -0.134. The minimum absolute atomic E-state index is 0.0300. The van der Waals surface area contributed by atoms with E-state index in [4.69, 9.17) is 0 Å². The first-order valence-electron chi connectivity index (χ1n) is 12.5. The van der Waals surface area contributed by atoms with Crippen molar-refractivity contribution in [1.82, 2.24) is 9.78 Å². The molecular weight excluding hydrogens is 526 g/mol. The fourth-order valence-corrected chi connectivity index (χ4v) is 5.56. The Morgan fingerprint density at radius 3 is 2.35 bits per heavy atom. The third kappa shape index (κ3) is 5.02. The van der Waals surface area contributed by atoms with Crippen LogP contribution in [0, 0.1) is 17.2 Å². The molecule has 0 spiro atoms. The summed E-state index contributed by atoms with van der Waals surface area (Å²) in [6.07, 6.45) is 0.0856. The fourth-order valence-electron chi connectivity index (χ4n) is 4.40. The predicted octanol–water partition coefficient (Wildman–Crippen LogP) is 5.02. The Balaban J connectivity index is 1.59. The van der Waals surface area contributed by atoms with Crippen LogP contribution in [0.5, 0.6) is 0 Å². The minimum Gasteiger partial charge on any atom is -0.325 e. The monoisotopic (exact) mass is 549 g/mol. The quantitative estimate of drug-likeness (QED) is 0.179. The molecule has 9 nitrogen and oxygen atoms in total. The number of rotatable bonds is 8. The molecule has 0 fully saturated rings. The number of fused-ring (bicyclic) bond motifs is 3. The predicted molar refractivity (Wildman–Crippen MR) is 151 cm³/mol. The molecule has 0 saturated carbocycles. The van der Waals surface area contributed by atoms with Gasteiger partial charge in [0.1, 0.15) is 5.69 Å². The van der Waals surface area contributed by atoms with Crippen LogP contribution in [0.15, 0.2) is 83.8 Å². The summed E-state index contributed by atoms with van der Waals surface area (Å²) in [6, 6.07) is 24.9. The number of benzene rings is 3. The first-order chi connectivity index (χ1) is 19.4. The lowest BCUT2D eigenvalue weighted by Gasteiger charge is -2.21. The van der Waals surface area contributed by atoms with Gasteiger partial charge in [-0.15, -0.1) is 11.8 Å². The van der Waals surface area contributed by atoms with Gasteiger partial charge in [-0.3, -0.25) is 19.2 Å². The van der Waals surface area contributed by atoms with Crippen molar-refractivity contribution >= 4 is 46.5 Å². The van der Waals surface area contributed by atoms with E-state index in [0.29, 0.717) is 39.6 Å². The van der Waals surface area contributed by atoms with Crippen LogP contribution in [0.3, 0.4) is 0 Å². The first-order valence-corrected chi connectivity index (χ1v) is 13.5. The van der Waals surface area contributed by atoms with E-state index in [1.54, 1.807) is 54.1 Å². The Morgan fingerprint density at radius 2 is 1.68 bits per heavy atom. The van der Waals surface area contributed by atoms with Crippen molar-refractivity contribution in [2.75, 3.05) is 10.6 Å². The van der Waals surface area contributed by atoms with E-state index in [0.717, 1.165) is 4.90 Å². The zero-order valence-electron chi connectivity index (χ0n) is 21.4. The van der Waals surface area contributed by atoms with E-state index in [2.05, 4.69) is 15.7 Å². The maximum atomic E-state index is 13.7. The second kappa shape index (κ2) is 11.4. The molecule has 1 unspecified atom stereocenters. The third-order valence-electron chi connectivity index (χ3n) is 6.37. The normalized spacial score (nSPS) is 12.3. The molecule has 5 rings (SSSR count). The molecule has 2 heterocycles. The average molecular weight is 550 g/mol. The van der Waals surface area contributed by atoms with E-state index >= 15 is 0 Å². The number of carbonyl (C=O) groups is 4. The van der Waals surface area contributed by atoms with Crippen LogP contribution in [-0.4, -0.2) is 33.2 Å². The van der Waals surface area contributed by atoms with Crippen molar-refractivity contribution in [1.29, 1.82) is 5.26 Å². The lowest BCUT2D eigenvalue weighted by atomic mass is 9.97. The van der Waals surface area contributed by atoms with Crippen molar-refractivity contribution in [3.63, 3.8) is 0 Å². The van der Waals surface area contributed by atoms with E-state index in [-0.39, 0.29) is 12.1 Å². The molecule has 1 aromatic heterocycles. The Kier molecular flexibility index (Phi) is 7.57. The largest absolute Gasteiger partial charge is 0.325 e. The summed E-state index contributed by atoms with van der Waals surface area (Å²) in [7, 11) is 0. The van der Waals surface area contributed by atoms with E-state index in [1.165, 1.54) is 11.8 Å². The first kappa shape index (κ1) is 26.6. The molecule has 0 aliphatic carbocycles. The van der Waals surface area contributed by atoms with Crippen molar-refractivity contribution in [3.8, 4) is 23.0 Å². The van der Waals surface area contributed by atoms with Crippen LogP contribution in [0.2, 0.25) is 0 Å². The molecule has 1 atom stereocenters. The molecule has 10 heteroatoms. The maximum Gasteiger partial charge on any atom is 0.291 e. The number of aromatic nitrogens is 2. The number of nitrogens with zero attached hydrogens (tertiary/aromatic N) is 3. The van der Waals surface area contributed by atoms with Crippen molar-refractivity contribution in [3.05, 3.63) is 90.1 Å². The molecule has 2 amide bonds. The number of hydrogen-bond donors (Lipinski definition) is 2. The molecule has 1 aliphatic rings. The topological polar surface area (TPSA) is 134 Å². The number of amides is 2. The SMILES string of the molecule is CCC(=O)C(=O)Nc1cccc2c1SCc1c(C(=O)C(C#N)C(=O)Nc3ccccc3)nn(-c3ccccc3)c1-2. The highest BCUT2D eigenvalue weighted by Crippen LogP contribution is 2.47. The number of anilines is 2. The minimum atomic E-state index is -1.61. The third-order valence-corrected chi connectivity index (χ3v) is 7.53. The Bertz CT molecular complexity index is 1680. The molecule has 4 aromatic rings. The Hall–Kier alpha value is -5.01. The summed E-state index contributed by atoms with van der Waals surface area (Å²) in [6.45, 7) is 1.62. The van der Waals surface area contributed by atoms with Gasteiger partial charge in [0, 0.05) is 33.9 Å². The van der Waals surface area contributed by atoms with Crippen molar-refractivity contribution in [2.45, 2.75) is 24.0 Å². The van der Waals surface area contributed by atoms with Gasteiger partial charge in [0.25, 0.3) is 5.91 Å². The lowest BCUT2D eigenvalue weighted by Crippen LogP contribution is -2.29. The van der Waals surface area contributed by atoms with E-state index in [1.807, 2.05) is 42.5 Å². The molecule has 0 radical (unpaired) electrons. The highest BCUT2D eigenvalue weighted by molar-refractivity contribution is 7.99. The molecule has 3 aromatic carbocycles. The van der Waals surface area contributed by atoms with Gasteiger partial charge < -0.3 is 10.6 Å². The van der Waals surface area contributed by atoms with Gasteiger partial charge in [-0.2, -0.15) is 10.4 Å². The zero-order valence-corrected chi connectivity index (χ0v) is 22.2. The van der Waals surface area contributed by atoms with Gasteiger partial charge >= 0.3 is 0 Å². The van der Waals surface area contributed by atoms with Gasteiger partial charge in [0.15, 0.2) is 5.92 Å². The van der Waals surface area contributed by atoms with Crippen LogP contribution in [-0.2, 0) is 20.1 Å². The summed E-state index contributed by atoms with van der Waals surface area (Å²) >= 11 is 1.37. The van der Waals surface area contributed by atoms with Crippen LogP contribution in [0.1, 0.15) is 29.4 Å². The smallest absolute Gasteiger partial charge is 0.291 e. The van der Waals surface area contributed by atoms with Crippen LogP contribution < -0.4 is 10.6 Å². The van der Waals surface area contributed by atoms with E-state index < -0.39 is 29.3 Å². The van der Waals surface area contributed by atoms with Gasteiger partial charge in [-0.1, -0.05) is 55.5 Å². The number of nitriles is 1. The van der Waals surface area contributed by atoms with Gasteiger partial charge in [0.2, 0.25) is 17.5 Å². The number of nitrogens with one attached hydrogen (secondary N) is 2. The number of carbonyl (C=O) groups excluding carboxylic acids is 4. The summed E-state index contributed by atoms with van der Waals surface area (Å²) in [4.78, 5) is 51.7. The summed E-state index contributed by atoms with van der Waals surface area (Å²) in [5.41, 5.74) is 3.54. The molecule has 0 saturated heterocycles. The van der Waals surface area contributed by atoms with Gasteiger partial charge in [-0.05, 0) is 30.3 Å². The second-order valence-electron chi connectivity index (χ2n) is 8.91. The second-order valence-corrected chi connectivity index (χ2v) is 9.89. The molecule has 0 bridgehead atoms. The standard InChI is InChI=1S/C30H23N5O4S/c1-2-24(36)30(39)33-23-15-9-14-20-26-22(17-40-28(20)23)25(34-35(26)19-12-7-4-8-13-19)27(37)21(16-31)29(38)32-18-10-5-3-6-11-18/h3-15,21H,2,17H2,1H3,(H,32,38)(H,33,39). The average Bonchev–Trinajstić information content (AvgIpc) is 3.38. The summed E-state index contributed by atoms with van der Waals surface area (Å²) < 4.78 is 1.62. The van der Waals surface area contributed by atoms with Crippen LogP contribution in [0.4, 0.5) is 11.4 Å². The zero-order chi connectivity index (χ0) is 28.2. The fraction of sp³-hybridized carbons (Fsp3) is 0.133. The number of para-hydroxylation sites is 2. The molecule has 2 N–H and O–H groups in total. The summed E-state index contributed by atoms with van der Waals surface area (Å²) in [5, 5.41) is 19.8. The molecule has 198 valence electrons. The van der Waals surface area contributed by atoms with E-state index in [9.17, 15) is 24.4 Å². The van der Waals surface area contributed by atoms with Crippen LogP contribution >= 0.6 is 11.8 Å². The Morgan fingerprint density at radius 1 is 0.975 bits per heavy atom. The summed E-state index contributed by atoms with van der Waals surface area (Å²) in [5.74, 6) is -3.99. The maximum absolute atomic E-state index is 13.7. The highest BCUT2D eigenvalue weighted by Gasteiger charge is 2.36. The molecule has 40 heavy (non-hydrogen) atoms. The van der Waals surface area contributed by atoms with Crippen LogP contribution in [0.25, 0.3) is 16.9 Å².